The lowest BCUT2D eigenvalue weighted by Crippen LogP contribution is -2.54. The van der Waals surface area contributed by atoms with E-state index < -0.39 is 29.7 Å². The maximum absolute atomic E-state index is 14.2. The van der Waals surface area contributed by atoms with Crippen LogP contribution in [0.2, 0.25) is 0 Å². The van der Waals surface area contributed by atoms with Gasteiger partial charge in [0.25, 0.3) is 0 Å². The monoisotopic (exact) mass is 542 g/mol. The highest BCUT2D eigenvalue weighted by molar-refractivity contribution is 6.01. The molecule has 8 heteroatoms. The van der Waals surface area contributed by atoms with Crippen LogP contribution >= 0.6 is 0 Å². The molecule has 0 bridgehead atoms. The molecular weight excluding hydrogens is 504 g/mol. The zero-order valence-corrected chi connectivity index (χ0v) is 23.9. The fourth-order valence-corrected chi connectivity index (χ4v) is 5.27. The second-order valence-corrected chi connectivity index (χ2v) is 11.9. The van der Waals surface area contributed by atoms with Crippen molar-refractivity contribution >= 4 is 34.5 Å². The summed E-state index contributed by atoms with van der Waals surface area (Å²) in [7, 11) is 1.53. The summed E-state index contributed by atoms with van der Waals surface area (Å²) in [6.45, 7) is 7.37. The van der Waals surface area contributed by atoms with E-state index in [-0.39, 0.29) is 5.91 Å². The highest BCUT2D eigenvalue weighted by Crippen LogP contribution is 2.43. The van der Waals surface area contributed by atoms with E-state index in [0.717, 1.165) is 40.6 Å². The molecule has 1 saturated carbocycles. The van der Waals surface area contributed by atoms with Gasteiger partial charge in [-0.1, -0.05) is 36.4 Å². The Labute approximate surface area is 235 Å². The summed E-state index contributed by atoms with van der Waals surface area (Å²) < 4.78 is 5.43. The third kappa shape index (κ3) is 5.81. The van der Waals surface area contributed by atoms with Crippen LogP contribution in [0.25, 0.3) is 10.9 Å². The van der Waals surface area contributed by atoms with Crippen LogP contribution < -0.4 is 10.2 Å². The van der Waals surface area contributed by atoms with Gasteiger partial charge in [0.2, 0.25) is 11.8 Å². The summed E-state index contributed by atoms with van der Waals surface area (Å²) in [4.78, 5) is 47.8. The van der Waals surface area contributed by atoms with Crippen molar-refractivity contribution in [3.8, 4) is 0 Å². The van der Waals surface area contributed by atoms with E-state index in [2.05, 4.69) is 11.4 Å². The second kappa shape index (κ2) is 10.9. The third-order valence-electron chi connectivity index (χ3n) is 7.76. The van der Waals surface area contributed by atoms with Crippen molar-refractivity contribution < 1.29 is 19.1 Å². The molecule has 2 atom stereocenters. The zero-order valence-electron chi connectivity index (χ0n) is 23.9. The molecule has 0 radical (unpaired) electrons. The van der Waals surface area contributed by atoms with E-state index >= 15 is 0 Å². The predicted octanol–water partition coefficient (Wildman–Crippen LogP) is 5.33. The fourth-order valence-electron chi connectivity index (χ4n) is 5.27. The molecular formula is C32H38N4O4. The molecule has 40 heavy (non-hydrogen) atoms. The largest absolute Gasteiger partial charge is 0.444 e. The Kier molecular flexibility index (Phi) is 7.53. The first-order valence-corrected chi connectivity index (χ1v) is 14.1. The van der Waals surface area contributed by atoms with Gasteiger partial charge in [-0.15, -0.1) is 0 Å². The first-order chi connectivity index (χ1) is 19.0. The van der Waals surface area contributed by atoms with E-state index in [1.54, 1.807) is 27.7 Å². The SMILES string of the molecule is C[C@@H](C(=O)N[C@H]1CCc2ccccc2N(Cc2c(C3CC3)cnc3ccccc23)C1=O)N(C)C(=O)OC(C)(C)C. The molecule has 3 aromatic rings. The lowest BCUT2D eigenvalue weighted by Gasteiger charge is -2.30. The number of carbonyl (C=O) groups excluding carboxylic acids is 3. The summed E-state index contributed by atoms with van der Waals surface area (Å²) >= 11 is 0. The number of aromatic nitrogens is 1. The van der Waals surface area contributed by atoms with Crippen LogP contribution in [0.4, 0.5) is 10.5 Å². The van der Waals surface area contributed by atoms with E-state index in [9.17, 15) is 14.4 Å². The number of aryl methyl sites for hydroxylation is 1. The molecule has 3 amide bonds. The van der Waals surface area contributed by atoms with E-state index in [4.69, 9.17) is 9.72 Å². The first-order valence-electron chi connectivity index (χ1n) is 14.1. The van der Waals surface area contributed by atoms with Gasteiger partial charge in [0.15, 0.2) is 0 Å². The van der Waals surface area contributed by atoms with Crippen molar-refractivity contribution in [2.24, 2.45) is 0 Å². The smallest absolute Gasteiger partial charge is 0.410 e. The predicted molar refractivity (Wildman–Crippen MR) is 155 cm³/mol. The van der Waals surface area contributed by atoms with Crippen molar-refractivity contribution in [3.63, 3.8) is 0 Å². The van der Waals surface area contributed by atoms with Crippen LogP contribution in [0.15, 0.2) is 54.7 Å². The van der Waals surface area contributed by atoms with E-state index in [1.165, 1.54) is 17.5 Å². The molecule has 1 aliphatic carbocycles. The number of likely N-dealkylation sites (N-methyl/N-ethyl adjacent to an activating group) is 1. The second-order valence-electron chi connectivity index (χ2n) is 11.9. The van der Waals surface area contributed by atoms with Gasteiger partial charge in [0, 0.05) is 24.3 Å². The average molecular weight is 543 g/mol. The number of para-hydroxylation sites is 2. The van der Waals surface area contributed by atoms with Crippen LogP contribution in [0, 0.1) is 0 Å². The number of hydrogen-bond acceptors (Lipinski definition) is 5. The lowest BCUT2D eigenvalue weighted by atomic mass is 9.99. The van der Waals surface area contributed by atoms with Crippen LogP contribution in [-0.4, -0.2) is 52.5 Å². The minimum Gasteiger partial charge on any atom is -0.444 e. The van der Waals surface area contributed by atoms with Gasteiger partial charge in [-0.3, -0.25) is 19.5 Å². The fraction of sp³-hybridized carbons (Fsp3) is 0.438. The number of amides is 3. The van der Waals surface area contributed by atoms with Crippen LogP contribution in [0.3, 0.4) is 0 Å². The molecule has 2 heterocycles. The molecule has 0 saturated heterocycles. The maximum Gasteiger partial charge on any atom is 0.410 e. The lowest BCUT2D eigenvalue weighted by molar-refractivity contribution is -0.130. The molecule has 1 aromatic heterocycles. The molecule has 5 rings (SSSR count). The first kappa shape index (κ1) is 27.6. The number of carbonyl (C=O) groups is 3. The number of ether oxygens (including phenoxy) is 1. The van der Waals surface area contributed by atoms with Crippen LogP contribution in [-0.2, 0) is 27.3 Å². The standard InChI is InChI=1S/C32H38N4O4/c1-20(35(5)31(39)40-32(2,3)4)29(37)34-27-17-16-22-10-6-9-13-28(22)36(30(27)38)19-25-23-11-7-8-12-26(23)33-18-24(25)21-14-15-21/h6-13,18,20-21,27H,14-17,19H2,1-5H3,(H,34,37)/t20-,27-/m0/s1. The number of nitrogens with zero attached hydrogens (tertiary/aromatic N) is 3. The number of hydrogen-bond donors (Lipinski definition) is 1. The Bertz CT molecular complexity index is 1440. The summed E-state index contributed by atoms with van der Waals surface area (Å²) in [5.41, 5.74) is 4.47. The summed E-state index contributed by atoms with van der Waals surface area (Å²) in [5, 5.41) is 4.00. The van der Waals surface area contributed by atoms with Crippen molar-refractivity contribution in [1.82, 2.24) is 15.2 Å². The van der Waals surface area contributed by atoms with Gasteiger partial charge in [-0.25, -0.2) is 4.79 Å². The molecule has 1 fully saturated rings. The number of benzene rings is 2. The molecule has 2 aliphatic rings. The Morgan fingerprint density at radius 3 is 2.52 bits per heavy atom. The van der Waals surface area contributed by atoms with Crippen LogP contribution in [0.5, 0.6) is 0 Å². The molecule has 0 unspecified atom stereocenters. The zero-order chi connectivity index (χ0) is 28.6. The minimum absolute atomic E-state index is 0.159. The Morgan fingerprint density at radius 2 is 1.80 bits per heavy atom. The summed E-state index contributed by atoms with van der Waals surface area (Å²) in [6, 6.07) is 14.5. The highest BCUT2D eigenvalue weighted by atomic mass is 16.6. The number of rotatable bonds is 6. The van der Waals surface area contributed by atoms with Gasteiger partial charge in [0.1, 0.15) is 17.7 Å². The normalized spacial score (nSPS) is 18.1. The Balaban J connectivity index is 1.43. The number of fused-ring (bicyclic) bond motifs is 2. The Hall–Kier alpha value is -3.94. The van der Waals surface area contributed by atoms with Crippen molar-refractivity contribution in [2.75, 3.05) is 11.9 Å². The number of nitrogens with one attached hydrogen (secondary N) is 1. The molecule has 1 N–H and O–H groups in total. The maximum atomic E-state index is 14.2. The summed E-state index contributed by atoms with van der Waals surface area (Å²) in [5.74, 6) is -0.0946. The molecule has 210 valence electrons. The number of anilines is 1. The van der Waals surface area contributed by atoms with Crippen molar-refractivity contribution in [3.05, 3.63) is 71.4 Å². The third-order valence-corrected chi connectivity index (χ3v) is 7.76. The molecule has 8 nitrogen and oxygen atoms in total. The van der Waals surface area contributed by atoms with Gasteiger partial charge in [0.05, 0.1) is 12.1 Å². The molecule has 0 spiro atoms. The van der Waals surface area contributed by atoms with Crippen molar-refractivity contribution in [1.29, 1.82) is 0 Å². The quantitative estimate of drug-likeness (QED) is 0.455. The average Bonchev–Trinajstić information content (AvgIpc) is 3.78. The highest BCUT2D eigenvalue weighted by Gasteiger charge is 2.36. The van der Waals surface area contributed by atoms with E-state index in [1.807, 2.05) is 53.6 Å². The van der Waals surface area contributed by atoms with Gasteiger partial charge in [-0.2, -0.15) is 0 Å². The van der Waals surface area contributed by atoms with Crippen LogP contribution in [0.1, 0.15) is 69.6 Å². The Morgan fingerprint density at radius 1 is 1.10 bits per heavy atom. The minimum atomic E-state index is -0.813. The van der Waals surface area contributed by atoms with Gasteiger partial charge < -0.3 is 15.0 Å². The molecule has 1 aliphatic heterocycles. The van der Waals surface area contributed by atoms with Crippen molar-refractivity contribution in [2.45, 2.75) is 83.5 Å². The van der Waals surface area contributed by atoms with Gasteiger partial charge >= 0.3 is 6.09 Å². The number of pyridine rings is 1. The molecule has 2 aromatic carbocycles. The van der Waals surface area contributed by atoms with Gasteiger partial charge in [-0.05, 0) is 88.1 Å². The summed E-state index contributed by atoms with van der Waals surface area (Å²) in [6.07, 6.45) is 4.74. The van der Waals surface area contributed by atoms with E-state index in [0.29, 0.717) is 25.3 Å². The topological polar surface area (TPSA) is 91.8 Å².